The van der Waals surface area contributed by atoms with Crippen molar-refractivity contribution in [3.8, 4) is 0 Å². The van der Waals surface area contributed by atoms with Gasteiger partial charge in [0.15, 0.2) is 11.6 Å². The van der Waals surface area contributed by atoms with Crippen LogP contribution in [0.25, 0.3) is 0 Å². The summed E-state index contributed by atoms with van der Waals surface area (Å²) in [6, 6.07) is 1.41. The first-order valence-electron chi connectivity index (χ1n) is 5.19. The first kappa shape index (κ1) is 14.7. The molecule has 0 radical (unpaired) electrons. The molecule has 1 rings (SSSR count). The third-order valence-corrected chi connectivity index (χ3v) is 3.73. The number of thioether (sulfide) groups is 1. The van der Waals surface area contributed by atoms with E-state index in [1.54, 1.807) is 11.8 Å². The zero-order chi connectivity index (χ0) is 13.9. The molecule has 0 aliphatic heterocycles. The van der Waals surface area contributed by atoms with Gasteiger partial charge in [0.25, 0.3) is 5.69 Å². The Morgan fingerprint density at radius 3 is 2.28 bits per heavy atom. The van der Waals surface area contributed by atoms with Crippen LogP contribution in [0.5, 0.6) is 0 Å². The topological polar surface area (TPSA) is 55.2 Å². The van der Waals surface area contributed by atoms with Gasteiger partial charge in [0.2, 0.25) is 0 Å². The van der Waals surface area contributed by atoms with Gasteiger partial charge in [-0.3, -0.25) is 10.1 Å². The highest BCUT2D eigenvalue weighted by Gasteiger charge is 2.20. The zero-order valence-corrected chi connectivity index (χ0v) is 11.1. The Morgan fingerprint density at radius 1 is 1.39 bits per heavy atom. The molecule has 1 aromatic rings. The van der Waals surface area contributed by atoms with Gasteiger partial charge < -0.3 is 5.32 Å². The van der Waals surface area contributed by atoms with E-state index in [2.05, 4.69) is 5.32 Å². The van der Waals surface area contributed by atoms with Crippen LogP contribution in [0.4, 0.5) is 20.2 Å². The van der Waals surface area contributed by atoms with Crippen molar-refractivity contribution < 1.29 is 13.7 Å². The summed E-state index contributed by atoms with van der Waals surface area (Å²) in [5, 5.41) is 13.1. The Morgan fingerprint density at radius 2 is 1.89 bits per heavy atom. The smallest absolute Gasteiger partial charge is 0.275 e. The van der Waals surface area contributed by atoms with Crippen LogP contribution < -0.4 is 5.32 Å². The van der Waals surface area contributed by atoms with Crippen molar-refractivity contribution in [3.63, 3.8) is 0 Å². The Bertz CT molecular complexity index is 443. The van der Waals surface area contributed by atoms with E-state index in [9.17, 15) is 18.9 Å². The van der Waals surface area contributed by atoms with E-state index in [0.29, 0.717) is 18.7 Å². The third kappa shape index (κ3) is 3.56. The van der Waals surface area contributed by atoms with Crippen LogP contribution in [-0.4, -0.2) is 22.5 Å². The molecular weight excluding hydrogens is 262 g/mol. The van der Waals surface area contributed by atoms with Crippen molar-refractivity contribution in [2.75, 3.05) is 18.1 Å². The monoisotopic (exact) mass is 276 g/mol. The number of non-ortho nitro benzene ring substituents is 1. The number of nitrogens with one attached hydrogen (secondary N) is 1. The summed E-state index contributed by atoms with van der Waals surface area (Å²) in [5.74, 6) is -1.92. The van der Waals surface area contributed by atoms with Gasteiger partial charge in [0.1, 0.15) is 5.69 Å². The standard InChI is InChI=1S/C11H14F2N2O2S/c1-11(2,18-3)6-14-10-8(12)4-7(15(16)17)5-9(10)13/h4-5,14H,6H2,1-3H3. The van der Waals surface area contributed by atoms with Crippen LogP contribution in [-0.2, 0) is 0 Å². The average molecular weight is 276 g/mol. The second-order valence-electron chi connectivity index (χ2n) is 4.36. The van der Waals surface area contributed by atoms with Gasteiger partial charge in [-0.2, -0.15) is 11.8 Å². The fourth-order valence-electron chi connectivity index (χ4n) is 1.21. The molecule has 4 nitrogen and oxygen atoms in total. The molecule has 0 unspecified atom stereocenters. The van der Waals surface area contributed by atoms with Crippen molar-refractivity contribution in [3.05, 3.63) is 33.9 Å². The summed E-state index contributed by atoms with van der Waals surface area (Å²) in [6.45, 7) is 4.19. The number of hydrogen-bond acceptors (Lipinski definition) is 4. The van der Waals surface area contributed by atoms with E-state index in [1.165, 1.54) is 0 Å². The van der Waals surface area contributed by atoms with Crippen LogP contribution in [0, 0.1) is 21.7 Å². The lowest BCUT2D eigenvalue weighted by atomic mass is 10.2. The van der Waals surface area contributed by atoms with Crippen LogP contribution in [0.2, 0.25) is 0 Å². The molecule has 0 saturated carbocycles. The number of anilines is 1. The first-order chi connectivity index (χ1) is 8.26. The lowest BCUT2D eigenvalue weighted by Crippen LogP contribution is -2.26. The highest BCUT2D eigenvalue weighted by atomic mass is 32.2. The molecule has 0 spiro atoms. The molecular formula is C11H14F2N2O2S. The molecule has 18 heavy (non-hydrogen) atoms. The maximum Gasteiger partial charge on any atom is 0.275 e. The highest BCUT2D eigenvalue weighted by molar-refractivity contribution is 7.99. The number of benzene rings is 1. The van der Waals surface area contributed by atoms with Crippen LogP contribution in [0.1, 0.15) is 13.8 Å². The second kappa shape index (κ2) is 5.51. The summed E-state index contributed by atoms with van der Waals surface area (Å²) in [7, 11) is 0. The van der Waals surface area contributed by atoms with Gasteiger partial charge in [-0.15, -0.1) is 0 Å². The van der Waals surface area contributed by atoms with E-state index in [0.717, 1.165) is 0 Å². The summed E-state index contributed by atoms with van der Waals surface area (Å²) in [4.78, 5) is 9.60. The molecule has 0 amide bonds. The first-order valence-corrected chi connectivity index (χ1v) is 6.42. The normalized spacial score (nSPS) is 11.4. The van der Waals surface area contributed by atoms with Gasteiger partial charge in [0, 0.05) is 11.3 Å². The molecule has 0 aromatic heterocycles. The van der Waals surface area contributed by atoms with E-state index in [1.807, 2.05) is 20.1 Å². The minimum atomic E-state index is -0.960. The molecule has 7 heteroatoms. The number of halogens is 2. The molecule has 0 aliphatic carbocycles. The van der Waals surface area contributed by atoms with Crippen molar-refractivity contribution in [1.82, 2.24) is 0 Å². The molecule has 1 aromatic carbocycles. The van der Waals surface area contributed by atoms with Gasteiger partial charge in [-0.05, 0) is 20.1 Å². The molecule has 0 heterocycles. The SMILES string of the molecule is CSC(C)(C)CNc1c(F)cc([N+](=O)[O-])cc1F. The van der Waals surface area contributed by atoms with Crippen LogP contribution in [0.3, 0.4) is 0 Å². The maximum absolute atomic E-state index is 13.5. The maximum atomic E-state index is 13.5. The zero-order valence-electron chi connectivity index (χ0n) is 10.3. The van der Waals surface area contributed by atoms with E-state index < -0.39 is 22.2 Å². The van der Waals surface area contributed by atoms with Gasteiger partial charge in [-0.25, -0.2) is 8.78 Å². The quantitative estimate of drug-likeness (QED) is 0.661. The second-order valence-corrected chi connectivity index (χ2v) is 5.87. The lowest BCUT2D eigenvalue weighted by molar-refractivity contribution is -0.385. The van der Waals surface area contributed by atoms with Crippen molar-refractivity contribution in [2.45, 2.75) is 18.6 Å². The third-order valence-electron chi connectivity index (χ3n) is 2.48. The summed E-state index contributed by atoms with van der Waals surface area (Å²) >= 11 is 1.55. The average Bonchev–Trinajstić information content (AvgIpc) is 2.27. The minimum Gasteiger partial charge on any atom is -0.379 e. The van der Waals surface area contributed by atoms with E-state index in [4.69, 9.17) is 0 Å². The van der Waals surface area contributed by atoms with Crippen molar-refractivity contribution >= 4 is 23.1 Å². The number of nitro benzene ring substituents is 1. The summed E-state index contributed by atoms with van der Waals surface area (Å²) in [6.07, 6.45) is 1.89. The number of hydrogen-bond donors (Lipinski definition) is 1. The number of rotatable bonds is 5. The van der Waals surface area contributed by atoms with E-state index in [-0.39, 0.29) is 10.4 Å². The summed E-state index contributed by atoms with van der Waals surface area (Å²) in [5.41, 5.74) is -0.928. The Hall–Kier alpha value is -1.37. The van der Waals surface area contributed by atoms with Crippen molar-refractivity contribution in [2.24, 2.45) is 0 Å². The largest absolute Gasteiger partial charge is 0.379 e. The van der Waals surface area contributed by atoms with Gasteiger partial charge in [-0.1, -0.05) is 0 Å². The van der Waals surface area contributed by atoms with Crippen molar-refractivity contribution in [1.29, 1.82) is 0 Å². The molecule has 1 N–H and O–H groups in total. The predicted molar refractivity (Wildman–Crippen MR) is 69.1 cm³/mol. The molecule has 100 valence electrons. The van der Waals surface area contributed by atoms with Crippen LogP contribution in [0.15, 0.2) is 12.1 Å². The Balaban J connectivity index is 2.94. The molecule has 0 saturated heterocycles. The number of nitro groups is 1. The fourth-order valence-corrected chi connectivity index (χ4v) is 1.42. The highest BCUT2D eigenvalue weighted by Crippen LogP contribution is 2.27. The number of nitrogens with zero attached hydrogens (tertiary/aromatic N) is 1. The van der Waals surface area contributed by atoms with Gasteiger partial charge in [0.05, 0.1) is 17.1 Å². The Kier molecular flexibility index (Phi) is 4.50. The van der Waals surface area contributed by atoms with Gasteiger partial charge >= 0.3 is 0 Å². The van der Waals surface area contributed by atoms with Crippen LogP contribution >= 0.6 is 11.8 Å². The minimum absolute atomic E-state index is 0.194. The molecule has 0 fully saturated rings. The molecule has 0 aliphatic rings. The summed E-state index contributed by atoms with van der Waals surface area (Å²) < 4.78 is 26.9. The Labute approximate surface area is 108 Å². The molecule has 0 bridgehead atoms. The predicted octanol–water partition coefficient (Wildman–Crippen LogP) is 3.43. The fraction of sp³-hybridized carbons (Fsp3) is 0.455. The lowest BCUT2D eigenvalue weighted by Gasteiger charge is -2.23. The van der Waals surface area contributed by atoms with E-state index >= 15 is 0 Å². The molecule has 0 atom stereocenters.